The average Bonchev–Trinajstić information content (AvgIpc) is 1.98. The molecule has 10 heavy (non-hydrogen) atoms. The first-order chi connectivity index (χ1) is 4.85. The van der Waals surface area contributed by atoms with Crippen molar-refractivity contribution in [2.45, 2.75) is 18.9 Å². The van der Waals surface area contributed by atoms with Crippen LogP contribution in [0.5, 0.6) is 0 Å². The molecule has 0 saturated heterocycles. The summed E-state index contributed by atoms with van der Waals surface area (Å²) in [5.41, 5.74) is 0. The highest BCUT2D eigenvalue weighted by atomic mass is 16.5. The predicted octanol–water partition coefficient (Wildman–Crippen LogP) is 1.73. The molecule has 1 unspecified atom stereocenters. The van der Waals surface area contributed by atoms with Crippen LogP contribution in [-0.4, -0.2) is 19.8 Å². The molecule has 3 nitrogen and oxygen atoms in total. The predicted molar refractivity (Wildman–Crippen MR) is 40.9 cm³/mol. The van der Waals surface area contributed by atoms with Crippen LogP contribution in [0.15, 0.2) is 17.8 Å². The molecule has 0 fully saturated rings. The molecule has 58 valence electrons. The third kappa shape index (κ3) is 4.21. The molecule has 0 N–H and O–H groups in total. The van der Waals surface area contributed by atoms with Crippen molar-refractivity contribution in [3.63, 3.8) is 0 Å². The maximum Gasteiger partial charge on any atom is 0.0835 e. The summed E-state index contributed by atoms with van der Waals surface area (Å²) in [7, 11) is 1.62. The molecule has 0 aromatic heterocycles. The van der Waals surface area contributed by atoms with E-state index in [4.69, 9.17) is 4.74 Å². The van der Waals surface area contributed by atoms with Gasteiger partial charge in [0.25, 0.3) is 0 Å². The van der Waals surface area contributed by atoms with Gasteiger partial charge in [0.1, 0.15) is 0 Å². The first-order valence-electron chi connectivity index (χ1n) is 3.28. The van der Waals surface area contributed by atoms with Crippen molar-refractivity contribution < 1.29 is 4.74 Å². The van der Waals surface area contributed by atoms with Gasteiger partial charge in [0.2, 0.25) is 0 Å². The topological polar surface area (TPSA) is 38.7 Å². The minimum atomic E-state index is 0.107. The van der Waals surface area contributed by atoms with Gasteiger partial charge in [-0.1, -0.05) is 11.3 Å². The van der Waals surface area contributed by atoms with E-state index in [9.17, 15) is 4.91 Å². The lowest BCUT2D eigenvalue weighted by atomic mass is 10.2. The zero-order valence-electron chi connectivity index (χ0n) is 6.25. The van der Waals surface area contributed by atoms with E-state index in [0.29, 0.717) is 13.0 Å². The fraction of sp³-hybridized carbons (Fsp3) is 0.714. The highest BCUT2D eigenvalue weighted by molar-refractivity contribution is 4.73. The van der Waals surface area contributed by atoms with Crippen LogP contribution in [0.3, 0.4) is 0 Å². The smallest absolute Gasteiger partial charge is 0.0835 e. The summed E-state index contributed by atoms with van der Waals surface area (Å²) in [5, 5.41) is 2.74. The van der Waals surface area contributed by atoms with Crippen molar-refractivity contribution in [3.8, 4) is 0 Å². The maximum atomic E-state index is 9.70. The quantitative estimate of drug-likeness (QED) is 0.419. The standard InChI is InChI=1S/C7H13NO2/c1-3-4-7(10-2)5-6-8-9/h3,7H,1,4-6H2,2H3. The Morgan fingerprint density at radius 3 is 2.90 bits per heavy atom. The van der Waals surface area contributed by atoms with E-state index in [1.165, 1.54) is 0 Å². The third-order valence-corrected chi connectivity index (χ3v) is 1.31. The minimum absolute atomic E-state index is 0.107. The summed E-state index contributed by atoms with van der Waals surface area (Å²) in [5.74, 6) is 0. The molecule has 0 spiro atoms. The van der Waals surface area contributed by atoms with Gasteiger partial charge < -0.3 is 4.74 Å². The van der Waals surface area contributed by atoms with Gasteiger partial charge >= 0.3 is 0 Å². The molecule has 0 aliphatic rings. The van der Waals surface area contributed by atoms with E-state index in [1.54, 1.807) is 13.2 Å². The van der Waals surface area contributed by atoms with Gasteiger partial charge in [-0.15, -0.1) is 6.58 Å². The van der Waals surface area contributed by atoms with Gasteiger partial charge in [-0.3, -0.25) is 0 Å². The van der Waals surface area contributed by atoms with E-state index < -0.39 is 0 Å². The highest BCUT2D eigenvalue weighted by Crippen LogP contribution is 2.02. The Morgan fingerprint density at radius 1 is 1.80 bits per heavy atom. The monoisotopic (exact) mass is 143 g/mol. The molecule has 0 aliphatic heterocycles. The van der Waals surface area contributed by atoms with Crippen LogP contribution in [0.25, 0.3) is 0 Å². The molecular weight excluding hydrogens is 130 g/mol. The molecule has 1 atom stereocenters. The molecule has 0 saturated carbocycles. The van der Waals surface area contributed by atoms with Crippen molar-refractivity contribution >= 4 is 0 Å². The Hall–Kier alpha value is -0.700. The Labute approximate surface area is 61.0 Å². The van der Waals surface area contributed by atoms with Crippen LogP contribution in [0, 0.1) is 4.91 Å². The number of hydrogen-bond acceptors (Lipinski definition) is 3. The van der Waals surface area contributed by atoms with Gasteiger partial charge in [0.05, 0.1) is 12.6 Å². The number of methoxy groups -OCH3 is 1. The maximum absolute atomic E-state index is 9.70. The summed E-state index contributed by atoms with van der Waals surface area (Å²) >= 11 is 0. The van der Waals surface area contributed by atoms with Gasteiger partial charge in [-0.25, -0.2) is 0 Å². The largest absolute Gasteiger partial charge is 0.381 e. The van der Waals surface area contributed by atoms with Gasteiger partial charge in [0.15, 0.2) is 0 Å². The van der Waals surface area contributed by atoms with E-state index in [1.807, 2.05) is 0 Å². The third-order valence-electron chi connectivity index (χ3n) is 1.31. The summed E-state index contributed by atoms with van der Waals surface area (Å²) in [6.07, 6.45) is 3.35. The lowest BCUT2D eigenvalue weighted by molar-refractivity contribution is 0.0999. The average molecular weight is 143 g/mol. The lowest BCUT2D eigenvalue weighted by Crippen LogP contribution is -2.10. The normalized spacial score (nSPS) is 12.5. The number of hydrogen-bond donors (Lipinski definition) is 0. The zero-order valence-corrected chi connectivity index (χ0v) is 6.25. The zero-order chi connectivity index (χ0) is 7.82. The van der Waals surface area contributed by atoms with Crippen LogP contribution in [0.1, 0.15) is 12.8 Å². The number of nitrogens with zero attached hydrogens (tertiary/aromatic N) is 1. The van der Waals surface area contributed by atoms with Crippen molar-refractivity contribution in [1.29, 1.82) is 0 Å². The second kappa shape index (κ2) is 6.42. The van der Waals surface area contributed by atoms with E-state index >= 15 is 0 Å². The molecule has 0 aromatic carbocycles. The Bertz CT molecular complexity index is 104. The summed E-state index contributed by atoms with van der Waals surface area (Å²) in [4.78, 5) is 9.70. The summed E-state index contributed by atoms with van der Waals surface area (Å²) in [6.45, 7) is 3.89. The molecule has 0 radical (unpaired) electrons. The molecule has 0 amide bonds. The van der Waals surface area contributed by atoms with E-state index in [-0.39, 0.29) is 6.10 Å². The Balaban J connectivity index is 3.38. The molecule has 0 bridgehead atoms. The lowest BCUT2D eigenvalue weighted by Gasteiger charge is -2.09. The second-order valence-corrected chi connectivity index (χ2v) is 2.02. The molecule has 0 aromatic rings. The van der Waals surface area contributed by atoms with E-state index in [0.717, 1.165) is 6.42 Å². The fourth-order valence-corrected chi connectivity index (χ4v) is 0.715. The van der Waals surface area contributed by atoms with Crippen LogP contribution in [-0.2, 0) is 4.74 Å². The molecule has 3 heteroatoms. The van der Waals surface area contributed by atoms with Gasteiger partial charge in [-0.2, -0.15) is 4.91 Å². The highest BCUT2D eigenvalue weighted by Gasteiger charge is 2.03. The molecule has 0 heterocycles. The summed E-state index contributed by atoms with van der Waals surface area (Å²) in [6, 6.07) is 0. The molecular formula is C7H13NO2. The first-order valence-corrected chi connectivity index (χ1v) is 3.28. The summed E-state index contributed by atoms with van der Waals surface area (Å²) < 4.78 is 5.02. The molecule has 0 rings (SSSR count). The van der Waals surface area contributed by atoms with Crippen molar-refractivity contribution in [1.82, 2.24) is 0 Å². The minimum Gasteiger partial charge on any atom is -0.381 e. The van der Waals surface area contributed by atoms with Crippen LogP contribution in [0.2, 0.25) is 0 Å². The van der Waals surface area contributed by atoms with Crippen LogP contribution >= 0.6 is 0 Å². The van der Waals surface area contributed by atoms with Gasteiger partial charge in [0, 0.05) is 7.11 Å². The Kier molecular flexibility index (Phi) is 5.97. The van der Waals surface area contributed by atoms with Crippen LogP contribution in [0.4, 0.5) is 0 Å². The van der Waals surface area contributed by atoms with Crippen molar-refractivity contribution in [3.05, 3.63) is 17.6 Å². The van der Waals surface area contributed by atoms with E-state index in [2.05, 4.69) is 11.8 Å². The Morgan fingerprint density at radius 2 is 2.50 bits per heavy atom. The fourth-order valence-electron chi connectivity index (χ4n) is 0.715. The van der Waals surface area contributed by atoms with Crippen molar-refractivity contribution in [2.75, 3.05) is 13.7 Å². The second-order valence-electron chi connectivity index (χ2n) is 2.02. The van der Waals surface area contributed by atoms with Gasteiger partial charge in [-0.05, 0) is 12.8 Å². The number of rotatable bonds is 6. The van der Waals surface area contributed by atoms with Crippen LogP contribution < -0.4 is 0 Å². The van der Waals surface area contributed by atoms with Crippen molar-refractivity contribution in [2.24, 2.45) is 5.18 Å². The number of ether oxygens (including phenoxy) is 1. The first kappa shape index (κ1) is 9.30. The molecule has 0 aliphatic carbocycles. The number of nitroso groups, excluding NO2 is 1. The SMILES string of the molecule is C=CCC(CCN=O)OC.